The largest absolute Gasteiger partial charge is 1.00 e. The Bertz CT molecular complexity index is 440. The molecule has 0 aromatic rings. The first kappa shape index (κ1) is 25.3. The SMILES string of the molecule is CS(=O)(=O)NCCC(=O)NC(CC(=O)[O-])C(=O)[O-].[Na+].[Na+]. The third kappa shape index (κ3) is 14.7. The molecule has 1 amide bonds. The number of hydrogen-bond donors (Lipinski definition) is 2. The van der Waals surface area contributed by atoms with Crippen LogP contribution in [-0.2, 0) is 24.4 Å². The second-order valence-corrected chi connectivity index (χ2v) is 5.26. The second-order valence-electron chi connectivity index (χ2n) is 3.43. The van der Waals surface area contributed by atoms with Crippen molar-refractivity contribution in [1.82, 2.24) is 10.0 Å². The summed E-state index contributed by atoms with van der Waals surface area (Å²) in [5.74, 6) is -4.23. The molecule has 0 heterocycles. The van der Waals surface area contributed by atoms with Gasteiger partial charge < -0.3 is 25.1 Å². The van der Waals surface area contributed by atoms with E-state index in [9.17, 15) is 33.0 Å². The second kappa shape index (κ2) is 11.9. The zero-order chi connectivity index (χ0) is 14.3. The Morgan fingerprint density at radius 2 is 1.65 bits per heavy atom. The molecule has 0 aromatic carbocycles. The van der Waals surface area contributed by atoms with Gasteiger partial charge >= 0.3 is 59.1 Å². The van der Waals surface area contributed by atoms with Crippen LogP contribution in [0, 0.1) is 0 Å². The van der Waals surface area contributed by atoms with Gasteiger partial charge in [-0.1, -0.05) is 0 Å². The van der Waals surface area contributed by atoms with E-state index >= 15 is 0 Å². The topological polar surface area (TPSA) is 156 Å². The Balaban J connectivity index is -0.00000144. The van der Waals surface area contributed by atoms with E-state index in [2.05, 4.69) is 0 Å². The maximum atomic E-state index is 11.2. The van der Waals surface area contributed by atoms with Gasteiger partial charge in [-0.05, 0) is 0 Å². The minimum absolute atomic E-state index is 0. The van der Waals surface area contributed by atoms with E-state index in [1.807, 2.05) is 10.0 Å². The van der Waals surface area contributed by atoms with Crippen molar-refractivity contribution in [2.24, 2.45) is 0 Å². The maximum absolute atomic E-state index is 11.2. The minimum Gasteiger partial charge on any atom is -0.550 e. The van der Waals surface area contributed by atoms with Crippen molar-refractivity contribution in [2.75, 3.05) is 12.8 Å². The van der Waals surface area contributed by atoms with E-state index in [1.165, 1.54) is 0 Å². The molecule has 0 spiro atoms. The van der Waals surface area contributed by atoms with Crippen LogP contribution in [-0.4, -0.2) is 45.1 Å². The molecule has 0 rings (SSSR count). The number of hydrogen-bond acceptors (Lipinski definition) is 7. The van der Waals surface area contributed by atoms with Crippen molar-refractivity contribution in [3.8, 4) is 0 Å². The van der Waals surface area contributed by atoms with Crippen LogP contribution in [0.2, 0.25) is 0 Å². The Kier molecular flexibility index (Phi) is 15.1. The van der Waals surface area contributed by atoms with Crippen LogP contribution >= 0.6 is 0 Å². The molecule has 1 unspecified atom stereocenters. The number of sulfonamides is 1. The van der Waals surface area contributed by atoms with Gasteiger partial charge in [0.05, 0.1) is 18.3 Å². The Morgan fingerprint density at radius 3 is 2.00 bits per heavy atom. The third-order valence-corrected chi connectivity index (χ3v) is 2.44. The molecule has 104 valence electrons. The Hall–Kier alpha value is 0.320. The molecule has 0 saturated heterocycles. The summed E-state index contributed by atoms with van der Waals surface area (Å²) in [6, 6.07) is -1.71. The molecule has 0 aliphatic rings. The van der Waals surface area contributed by atoms with Crippen LogP contribution in [0.25, 0.3) is 0 Å². The number of carbonyl (C=O) groups is 3. The van der Waals surface area contributed by atoms with Crippen LogP contribution in [0.5, 0.6) is 0 Å². The molecule has 0 bridgehead atoms. The summed E-state index contributed by atoms with van der Waals surface area (Å²) >= 11 is 0. The normalized spacial score (nSPS) is 11.4. The fraction of sp³-hybridized carbons (Fsp3) is 0.625. The van der Waals surface area contributed by atoms with Crippen LogP contribution in [0.3, 0.4) is 0 Å². The molecule has 0 aromatic heterocycles. The van der Waals surface area contributed by atoms with Gasteiger partial charge in [0.25, 0.3) is 0 Å². The summed E-state index contributed by atoms with van der Waals surface area (Å²) in [5.41, 5.74) is 0. The molecule has 0 fully saturated rings. The first-order chi connectivity index (χ1) is 8.11. The number of aliphatic carboxylic acids is 2. The standard InChI is InChI=1S/C8H14N2O7S.2Na/c1-18(16,17)9-3-2-6(11)10-5(8(14)15)4-7(12)13;;/h5,9H,2-4H2,1H3,(H,10,11)(H,12,13)(H,14,15);;/q;2*+1/p-2. The number of carboxylic acids is 2. The van der Waals surface area contributed by atoms with Crippen LogP contribution in [0.15, 0.2) is 0 Å². The molecular formula is C8H12N2Na2O7S. The molecule has 20 heavy (non-hydrogen) atoms. The fourth-order valence-electron chi connectivity index (χ4n) is 0.976. The summed E-state index contributed by atoms with van der Waals surface area (Å²) in [6.07, 6.45) is -0.359. The summed E-state index contributed by atoms with van der Waals surface area (Å²) in [4.78, 5) is 31.8. The molecule has 0 aliphatic heterocycles. The molecule has 1 atom stereocenters. The number of carbonyl (C=O) groups excluding carboxylic acids is 3. The predicted molar refractivity (Wildman–Crippen MR) is 54.0 cm³/mol. The number of nitrogens with one attached hydrogen (secondary N) is 2. The molecular weight excluding hydrogens is 314 g/mol. The number of amides is 1. The average molecular weight is 326 g/mol. The van der Waals surface area contributed by atoms with Crippen LogP contribution in [0.1, 0.15) is 12.8 Å². The van der Waals surface area contributed by atoms with Crippen molar-refractivity contribution < 1.29 is 92.1 Å². The van der Waals surface area contributed by atoms with Gasteiger partial charge in [0, 0.05) is 25.4 Å². The summed E-state index contributed by atoms with van der Waals surface area (Å²) in [6.45, 7) is -0.226. The molecule has 12 heteroatoms. The predicted octanol–water partition coefficient (Wildman–Crippen LogP) is -10.7. The number of rotatable bonds is 8. The van der Waals surface area contributed by atoms with Crippen molar-refractivity contribution in [1.29, 1.82) is 0 Å². The minimum atomic E-state index is -3.45. The van der Waals surface area contributed by atoms with Gasteiger partial charge in [0.15, 0.2) is 0 Å². The molecule has 2 N–H and O–H groups in total. The molecule has 0 radical (unpaired) electrons. The van der Waals surface area contributed by atoms with E-state index in [-0.39, 0.29) is 72.1 Å². The zero-order valence-electron chi connectivity index (χ0n) is 11.5. The van der Waals surface area contributed by atoms with Gasteiger partial charge in [0.2, 0.25) is 15.9 Å². The van der Waals surface area contributed by atoms with Gasteiger partial charge in [0.1, 0.15) is 0 Å². The van der Waals surface area contributed by atoms with Crippen molar-refractivity contribution in [3.63, 3.8) is 0 Å². The zero-order valence-corrected chi connectivity index (χ0v) is 16.3. The van der Waals surface area contributed by atoms with Crippen LogP contribution < -0.4 is 79.4 Å². The van der Waals surface area contributed by atoms with Gasteiger partial charge in [-0.2, -0.15) is 0 Å². The average Bonchev–Trinajstić information content (AvgIpc) is 2.13. The van der Waals surface area contributed by atoms with Crippen molar-refractivity contribution in [2.45, 2.75) is 18.9 Å². The smallest absolute Gasteiger partial charge is 0.550 e. The summed E-state index contributed by atoms with van der Waals surface area (Å²) < 4.78 is 23.3. The van der Waals surface area contributed by atoms with Crippen molar-refractivity contribution in [3.05, 3.63) is 0 Å². The quantitative estimate of drug-likeness (QED) is 0.419. The maximum Gasteiger partial charge on any atom is 1.00 e. The van der Waals surface area contributed by atoms with E-state index < -0.39 is 40.3 Å². The van der Waals surface area contributed by atoms with E-state index in [0.717, 1.165) is 6.26 Å². The Morgan fingerprint density at radius 1 is 1.15 bits per heavy atom. The summed E-state index contributed by atoms with van der Waals surface area (Å²) in [5, 5.41) is 22.5. The molecule has 0 aliphatic carbocycles. The summed E-state index contributed by atoms with van der Waals surface area (Å²) in [7, 11) is -3.45. The van der Waals surface area contributed by atoms with Crippen molar-refractivity contribution >= 4 is 27.9 Å². The first-order valence-electron chi connectivity index (χ1n) is 4.76. The first-order valence-corrected chi connectivity index (χ1v) is 6.65. The molecule has 0 saturated carbocycles. The monoisotopic (exact) mass is 326 g/mol. The molecule has 9 nitrogen and oxygen atoms in total. The fourth-order valence-corrected chi connectivity index (χ4v) is 1.45. The van der Waals surface area contributed by atoms with E-state index in [0.29, 0.717) is 0 Å². The Labute approximate surface area is 160 Å². The third-order valence-electron chi connectivity index (χ3n) is 1.71. The van der Waals surface area contributed by atoms with E-state index in [4.69, 9.17) is 0 Å². The van der Waals surface area contributed by atoms with Gasteiger partial charge in [-0.15, -0.1) is 0 Å². The van der Waals surface area contributed by atoms with Gasteiger partial charge in [-0.3, -0.25) is 4.79 Å². The van der Waals surface area contributed by atoms with Crippen LogP contribution in [0.4, 0.5) is 0 Å². The van der Waals surface area contributed by atoms with E-state index in [1.54, 1.807) is 0 Å². The van der Waals surface area contributed by atoms with Gasteiger partial charge in [-0.25, -0.2) is 13.1 Å². The number of carboxylic acid groups (broad SMARTS) is 2.